The van der Waals surface area contributed by atoms with E-state index in [9.17, 15) is 18.3 Å². The molecular weight excluding hydrogens is 295 g/mol. The van der Waals surface area contributed by atoms with Gasteiger partial charge in [-0.25, -0.2) is 0 Å². The maximum absolute atomic E-state index is 13.0. The molecule has 22 heavy (non-hydrogen) atoms. The Labute approximate surface area is 129 Å². The Morgan fingerprint density at radius 1 is 1.18 bits per heavy atom. The van der Waals surface area contributed by atoms with E-state index in [-0.39, 0.29) is 13.0 Å². The molecule has 0 aromatic carbocycles. The number of alkyl halides is 3. The van der Waals surface area contributed by atoms with Crippen molar-refractivity contribution in [2.75, 3.05) is 20.1 Å². The van der Waals surface area contributed by atoms with Gasteiger partial charge in [0.25, 0.3) is 0 Å². The van der Waals surface area contributed by atoms with Crippen LogP contribution in [0.15, 0.2) is 4.99 Å². The lowest BCUT2D eigenvalue weighted by atomic mass is 9.78. The molecule has 2 atom stereocenters. The van der Waals surface area contributed by atoms with Crippen molar-refractivity contribution in [3.63, 3.8) is 0 Å². The first-order chi connectivity index (χ1) is 10.3. The molecule has 128 valence electrons. The maximum atomic E-state index is 13.0. The molecular formula is C15H26F3N3O. The third-order valence-electron chi connectivity index (χ3n) is 4.95. The quantitative estimate of drug-likeness (QED) is 0.551. The predicted molar refractivity (Wildman–Crippen MR) is 79.7 cm³/mol. The van der Waals surface area contributed by atoms with Gasteiger partial charge in [0.1, 0.15) is 0 Å². The molecule has 2 aliphatic rings. The van der Waals surface area contributed by atoms with Gasteiger partial charge in [-0.05, 0) is 38.0 Å². The Balaban J connectivity index is 1.81. The van der Waals surface area contributed by atoms with E-state index in [0.717, 1.165) is 25.7 Å². The first-order valence-corrected chi connectivity index (χ1v) is 8.08. The highest BCUT2D eigenvalue weighted by atomic mass is 19.4. The molecule has 2 saturated carbocycles. The first kappa shape index (κ1) is 17.4. The van der Waals surface area contributed by atoms with Gasteiger partial charge in [0, 0.05) is 20.1 Å². The standard InChI is InChI=1S/C15H26F3N3O/c1-19-13(21-10-14(22)7-4-8-14)20-9-11-5-2-3-6-12(11)15(16,17)18/h11-12,22H,2-10H2,1H3,(H2,19,20,21). The van der Waals surface area contributed by atoms with Crippen LogP contribution >= 0.6 is 0 Å². The average Bonchev–Trinajstić information content (AvgIpc) is 2.45. The van der Waals surface area contributed by atoms with Gasteiger partial charge in [0.2, 0.25) is 0 Å². The van der Waals surface area contributed by atoms with Gasteiger partial charge in [0.15, 0.2) is 5.96 Å². The second-order valence-electron chi connectivity index (χ2n) is 6.58. The Morgan fingerprint density at radius 2 is 1.86 bits per heavy atom. The van der Waals surface area contributed by atoms with E-state index in [2.05, 4.69) is 15.6 Å². The van der Waals surface area contributed by atoms with Crippen molar-refractivity contribution >= 4 is 5.96 Å². The number of nitrogens with zero attached hydrogens (tertiary/aromatic N) is 1. The molecule has 0 bridgehead atoms. The van der Waals surface area contributed by atoms with E-state index < -0.39 is 23.6 Å². The lowest BCUT2D eigenvalue weighted by Crippen LogP contribution is -2.51. The smallest absolute Gasteiger partial charge is 0.388 e. The summed E-state index contributed by atoms with van der Waals surface area (Å²) < 4.78 is 39.1. The molecule has 4 nitrogen and oxygen atoms in total. The molecule has 0 aliphatic heterocycles. The number of aliphatic imine (C=N–C) groups is 1. The van der Waals surface area contributed by atoms with E-state index in [4.69, 9.17) is 0 Å². The molecule has 2 unspecified atom stereocenters. The topological polar surface area (TPSA) is 56.7 Å². The third-order valence-corrected chi connectivity index (χ3v) is 4.95. The molecule has 0 aromatic heterocycles. The number of guanidine groups is 1. The number of nitrogens with one attached hydrogen (secondary N) is 2. The molecule has 0 radical (unpaired) electrons. The monoisotopic (exact) mass is 321 g/mol. The molecule has 0 aromatic rings. The fourth-order valence-corrected chi connectivity index (χ4v) is 3.34. The van der Waals surface area contributed by atoms with Crippen LogP contribution in [0.3, 0.4) is 0 Å². The Bertz CT molecular complexity index is 394. The lowest BCUT2D eigenvalue weighted by molar-refractivity contribution is -0.195. The summed E-state index contributed by atoms with van der Waals surface area (Å²) in [6.45, 7) is 0.655. The minimum atomic E-state index is -4.12. The molecule has 2 aliphatic carbocycles. The lowest BCUT2D eigenvalue weighted by Gasteiger charge is -2.37. The van der Waals surface area contributed by atoms with Crippen molar-refractivity contribution < 1.29 is 18.3 Å². The minimum Gasteiger partial charge on any atom is -0.388 e. The predicted octanol–water partition coefficient (Wildman–Crippen LogP) is 2.44. The highest BCUT2D eigenvalue weighted by Gasteiger charge is 2.45. The van der Waals surface area contributed by atoms with E-state index in [0.29, 0.717) is 25.3 Å². The van der Waals surface area contributed by atoms with Crippen LogP contribution in [-0.2, 0) is 0 Å². The molecule has 0 amide bonds. The summed E-state index contributed by atoms with van der Waals surface area (Å²) >= 11 is 0. The second kappa shape index (κ2) is 7.06. The van der Waals surface area contributed by atoms with E-state index >= 15 is 0 Å². The normalized spacial score (nSPS) is 28.9. The van der Waals surface area contributed by atoms with Gasteiger partial charge in [-0.1, -0.05) is 12.8 Å². The summed E-state index contributed by atoms with van der Waals surface area (Å²) in [6, 6.07) is 0. The number of aliphatic hydroxyl groups is 1. The molecule has 3 N–H and O–H groups in total. The zero-order chi connectivity index (χ0) is 16.2. The van der Waals surface area contributed by atoms with Crippen LogP contribution in [0.4, 0.5) is 13.2 Å². The van der Waals surface area contributed by atoms with Gasteiger partial charge in [-0.3, -0.25) is 4.99 Å². The van der Waals surface area contributed by atoms with Crippen molar-refractivity contribution in [3.05, 3.63) is 0 Å². The Morgan fingerprint density at radius 3 is 2.41 bits per heavy atom. The fourth-order valence-electron chi connectivity index (χ4n) is 3.34. The van der Waals surface area contributed by atoms with Crippen molar-refractivity contribution in [1.29, 1.82) is 0 Å². The van der Waals surface area contributed by atoms with Crippen molar-refractivity contribution in [2.45, 2.75) is 56.7 Å². The number of hydrogen-bond acceptors (Lipinski definition) is 2. The van der Waals surface area contributed by atoms with Crippen molar-refractivity contribution in [2.24, 2.45) is 16.8 Å². The van der Waals surface area contributed by atoms with E-state index in [1.165, 1.54) is 0 Å². The van der Waals surface area contributed by atoms with Crippen molar-refractivity contribution in [1.82, 2.24) is 10.6 Å². The Hall–Kier alpha value is -0.980. The molecule has 0 saturated heterocycles. The molecule has 0 heterocycles. The summed E-state index contributed by atoms with van der Waals surface area (Å²) in [6.07, 6.45) is 0.737. The summed E-state index contributed by atoms with van der Waals surface area (Å²) in [4.78, 5) is 4.02. The first-order valence-electron chi connectivity index (χ1n) is 8.08. The largest absolute Gasteiger partial charge is 0.392 e. The summed E-state index contributed by atoms with van der Waals surface area (Å²) in [7, 11) is 1.59. The van der Waals surface area contributed by atoms with Gasteiger partial charge >= 0.3 is 6.18 Å². The van der Waals surface area contributed by atoms with E-state index in [1.54, 1.807) is 7.05 Å². The average molecular weight is 321 g/mol. The number of rotatable bonds is 4. The van der Waals surface area contributed by atoms with Gasteiger partial charge in [-0.2, -0.15) is 13.2 Å². The van der Waals surface area contributed by atoms with Crippen LogP contribution in [0.1, 0.15) is 44.9 Å². The summed E-state index contributed by atoms with van der Waals surface area (Å²) in [5, 5.41) is 16.0. The van der Waals surface area contributed by atoms with Gasteiger partial charge in [-0.15, -0.1) is 0 Å². The fraction of sp³-hybridized carbons (Fsp3) is 0.933. The van der Waals surface area contributed by atoms with Gasteiger partial charge in [0.05, 0.1) is 11.5 Å². The minimum absolute atomic E-state index is 0.224. The van der Waals surface area contributed by atoms with Crippen molar-refractivity contribution in [3.8, 4) is 0 Å². The maximum Gasteiger partial charge on any atom is 0.392 e. The van der Waals surface area contributed by atoms with Crippen LogP contribution in [0.25, 0.3) is 0 Å². The van der Waals surface area contributed by atoms with Crippen LogP contribution < -0.4 is 10.6 Å². The highest BCUT2D eigenvalue weighted by Crippen LogP contribution is 2.41. The number of halogens is 3. The zero-order valence-corrected chi connectivity index (χ0v) is 13.0. The SMILES string of the molecule is CN=C(NCC1CCCCC1C(F)(F)F)NCC1(O)CCC1. The number of hydrogen-bond donors (Lipinski definition) is 3. The van der Waals surface area contributed by atoms with Crippen LogP contribution in [0, 0.1) is 11.8 Å². The van der Waals surface area contributed by atoms with Gasteiger partial charge < -0.3 is 15.7 Å². The third kappa shape index (κ3) is 4.51. The van der Waals surface area contributed by atoms with Crippen LogP contribution in [-0.4, -0.2) is 43.0 Å². The Kier molecular flexibility index (Phi) is 5.58. The second-order valence-corrected chi connectivity index (χ2v) is 6.58. The molecule has 2 fully saturated rings. The summed E-state index contributed by atoms with van der Waals surface area (Å²) in [5.74, 6) is -1.16. The highest BCUT2D eigenvalue weighted by molar-refractivity contribution is 5.79. The molecule has 2 rings (SSSR count). The summed E-state index contributed by atoms with van der Waals surface area (Å²) in [5.41, 5.74) is -0.684. The molecule has 0 spiro atoms. The van der Waals surface area contributed by atoms with E-state index in [1.807, 2.05) is 0 Å². The zero-order valence-electron chi connectivity index (χ0n) is 13.0. The van der Waals surface area contributed by atoms with Crippen LogP contribution in [0.2, 0.25) is 0 Å². The molecule has 7 heteroatoms. The van der Waals surface area contributed by atoms with Crippen LogP contribution in [0.5, 0.6) is 0 Å².